The van der Waals surface area contributed by atoms with Crippen molar-refractivity contribution in [2.75, 3.05) is 19.7 Å². The number of ether oxygens (including phenoxy) is 1. The molecule has 1 aromatic heterocycles. The third kappa shape index (κ3) is 3.18. The Morgan fingerprint density at radius 3 is 3.11 bits per heavy atom. The van der Waals surface area contributed by atoms with Gasteiger partial charge in [-0.05, 0) is 38.6 Å². The lowest BCUT2D eigenvalue weighted by atomic mass is 9.91. The van der Waals surface area contributed by atoms with Crippen molar-refractivity contribution in [3.05, 3.63) is 15.6 Å². The van der Waals surface area contributed by atoms with Crippen molar-refractivity contribution in [3.8, 4) is 0 Å². The molecule has 3 nitrogen and oxygen atoms in total. The topological polar surface area (TPSA) is 34.1 Å². The van der Waals surface area contributed by atoms with E-state index < -0.39 is 0 Å². The minimum absolute atomic E-state index is 0.430. The van der Waals surface area contributed by atoms with Gasteiger partial charge in [0.1, 0.15) is 0 Å². The summed E-state index contributed by atoms with van der Waals surface area (Å²) >= 11 is 1.94. The van der Waals surface area contributed by atoms with Gasteiger partial charge in [-0.25, -0.2) is 4.98 Å². The van der Waals surface area contributed by atoms with Crippen molar-refractivity contribution in [1.82, 2.24) is 10.3 Å². The number of aryl methyl sites for hydroxylation is 1. The Kier molecular flexibility index (Phi) is 4.51. The Labute approximate surface area is 119 Å². The number of nitrogens with zero attached hydrogens (tertiary/aromatic N) is 1. The molecule has 1 aromatic rings. The highest BCUT2D eigenvalue weighted by Gasteiger charge is 2.26. The molecule has 0 bridgehead atoms. The fourth-order valence-electron chi connectivity index (χ4n) is 3.16. The molecule has 2 atom stereocenters. The number of fused-ring (bicyclic) bond motifs is 1. The van der Waals surface area contributed by atoms with E-state index in [0.29, 0.717) is 12.0 Å². The maximum absolute atomic E-state index is 5.73. The largest absolute Gasteiger partial charge is 0.378 e. The molecule has 106 valence electrons. The van der Waals surface area contributed by atoms with Gasteiger partial charge < -0.3 is 10.1 Å². The molecule has 0 aromatic carbocycles. The molecule has 19 heavy (non-hydrogen) atoms. The first-order chi connectivity index (χ1) is 9.36. The van der Waals surface area contributed by atoms with E-state index in [1.807, 2.05) is 11.3 Å². The number of nitrogens with one attached hydrogen (secondary N) is 1. The Bertz CT molecular complexity index is 412. The lowest BCUT2D eigenvalue weighted by Gasteiger charge is -2.21. The van der Waals surface area contributed by atoms with Crippen LogP contribution in [0.3, 0.4) is 0 Å². The van der Waals surface area contributed by atoms with Crippen LogP contribution in [0.2, 0.25) is 0 Å². The molecular weight excluding hydrogens is 256 g/mol. The number of thiazole rings is 1. The molecule has 1 fully saturated rings. The maximum atomic E-state index is 5.73. The zero-order chi connectivity index (χ0) is 13.1. The van der Waals surface area contributed by atoms with E-state index in [2.05, 4.69) is 12.2 Å². The molecule has 1 aliphatic carbocycles. The molecule has 2 unspecified atom stereocenters. The van der Waals surface area contributed by atoms with Crippen LogP contribution in [-0.4, -0.2) is 30.8 Å². The molecule has 2 aliphatic rings. The minimum Gasteiger partial charge on any atom is -0.378 e. The first-order valence-electron chi connectivity index (χ1n) is 7.67. The summed E-state index contributed by atoms with van der Waals surface area (Å²) in [7, 11) is 0. The molecule has 0 radical (unpaired) electrons. The standard InChI is InChI=1S/C15H24N2OS/c1-2-16-10-11-5-3-7-13-15(11)17-14(19-13)9-12-6-4-8-18-12/h11-12,16H,2-10H2,1H3. The van der Waals surface area contributed by atoms with Crippen LogP contribution in [0.4, 0.5) is 0 Å². The van der Waals surface area contributed by atoms with E-state index in [9.17, 15) is 0 Å². The van der Waals surface area contributed by atoms with Crippen LogP contribution >= 0.6 is 11.3 Å². The van der Waals surface area contributed by atoms with Gasteiger partial charge in [0.05, 0.1) is 16.8 Å². The van der Waals surface area contributed by atoms with Crippen LogP contribution in [0.25, 0.3) is 0 Å². The summed E-state index contributed by atoms with van der Waals surface area (Å²) in [5.74, 6) is 0.637. The quantitative estimate of drug-likeness (QED) is 0.900. The average Bonchev–Trinajstić information content (AvgIpc) is 3.05. The fraction of sp³-hybridized carbons (Fsp3) is 0.800. The fourth-order valence-corrected chi connectivity index (χ4v) is 4.42. The highest BCUT2D eigenvalue weighted by Crippen LogP contribution is 2.35. The molecule has 1 aliphatic heterocycles. The van der Waals surface area contributed by atoms with Crippen LogP contribution in [0.15, 0.2) is 0 Å². The van der Waals surface area contributed by atoms with Crippen molar-refractivity contribution >= 4 is 11.3 Å². The van der Waals surface area contributed by atoms with Gasteiger partial charge in [0, 0.05) is 30.4 Å². The summed E-state index contributed by atoms with van der Waals surface area (Å²) in [6.07, 6.45) is 7.75. The van der Waals surface area contributed by atoms with E-state index in [-0.39, 0.29) is 0 Å². The summed E-state index contributed by atoms with van der Waals surface area (Å²) in [4.78, 5) is 6.49. The van der Waals surface area contributed by atoms with Gasteiger partial charge in [-0.1, -0.05) is 6.92 Å². The lowest BCUT2D eigenvalue weighted by molar-refractivity contribution is 0.111. The first-order valence-corrected chi connectivity index (χ1v) is 8.49. The normalized spacial score (nSPS) is 26.6. The molecule has 1 saturated heterocycles. The summed E-state index contributed by atoms with van der Waals surface area (Å²) in [6, 6.07) is 0. The summed E-state index contributed by atoms with van der Waals surface area (Å²) in [5.41, 5.74) is 1.39. The molecule has 0 saturated carbocycles. The van der Waals surface area contributed by atoms with Crippen LogP contribution < -0.4 is 5.32 Å². The number of rotatable bonds is 5. The van der Waals surface area contributed by atoms with Gasteiger partial charge in [-0.15, -0.1) is 11.3 Å². The van der Waals surface area contributed by atoms with Gasteiger partial charge in [-0.3, -0.25) is 0 Å². The molecular formula is C15H24N2OS. The predicted molar refractivity (Wildman–Crippen MR) is 79.0 cm³/mol. The van der Waals surface area contributed by atoms with E-state index in [1.54, 1.807) is 4.88 Å². The molecule has 1 N–H and O–H groups in total. The Morgan fingerprint density at radius 1 is 1.37 bits per heavy atom. The smallest absolute Gasteiger partial charge is 0.0957 e. The second kappa shape index (κ2) is 6.33. The summed E-state index contributed by atoms with van der Waals surface area (Å²) in [5, 5.41) is 4.79. The Morgan fingerprint density at radius 2 is 2.32 bits per heavy atom. The highest BCUT2D eigenvalue weighted by atomic mass is 32.1. The second-order valence-electron chi connectivity index (χ2n) is 5.65. The molecule has 3 rings (SSSR count). The third-order valence-electron chi connectivity index (χ3n) is 4.18. The number of hydrogen-bond donors (Lipinski definition) is 1. The van der Waals surface area contributed by atoms with E-state index in [1.165, 1.54) is 42.8 Å². The zero-order valence-electron chi connectivity index (χ0n) is 11.8. The molecule has 2 heterocycles. The van der Waals surface area contributed by atoms with Crippen LogP contribution in [0.5, 0.6) is 0 Å². The van der Waals surface area contributed by atoms with Crippen molar-refractivity contribution in [2.45, 2.75) is 57.5 Å². The zero-order valence-corrected chi connectivity index (χ0v) is 12.6. The molecule has 4 heteroatoms. The van der Waals surface area contributed by atoms with E-state index in [4.69, 9.17) is 9.72 Å². The number of aromatic nitrogens is 1. The van der Waals surface area contributed by atoms with Gasteiger partial charge in [0.2, 0.25) is 0 Å². The lowest BCUT2D eigenvalue weighted by Crippen LogP contribution is -2.24. The van der Waals surface area contributed by atoms with Crippen molar-refractivity contribution in [2.24, 2.45) is 0 Å². The Hall–Kier alpha value is -0.450. The van der Waals surface area contributed by atoms with Crippen molar-refractivity contribution in [1.29, 1.82) is 0 Å². The Balaban J connectivity index is 1.69. The minimum atomic E-state index is 0.430. The second-order valence-corrected chi connectivity index (χ2v) is 6.82. The van der Waals surface area contributed by atoms with E-state index in [0.717, 1.165) is 26.1 Å². The average molecular weight is 280 g/mol. The van der Waals surface area contributed by atoms with Gasteiger partial charge in [0.25, 0.3) is 0 Å². The van der Waals surface area contributed by atoms with Crippen molar-refractivity contribution < 1.29 is 4.74 Å². The van der Waals surface area contributed by atoms with Gasteiger partial charge >= 0.3 is 0 Å². The predicted octanol–water partition coefficient (Wildman–Crippen LogP) is 2.89. The third-order valence-corrected chi connectivity index (χ3v) is 5.34. The van der Waals surface area contributed by atoms with Gasteiger partial charge in [0.15, 0.2) is 0 Å². The van der Waals surface area contributed by atoms with Crippen molar-refractivity contribution in [3.63, 3.8) is 0 Å². The molecule has 0 spiro atoms. The van der Waals surface area contributed by atoms with Gasteiger partial charge in [-0.2, -0.15) is 0 Å². The maximum Gasteiger partial charge on any atom is 0.0957 e. The highest BCUT2D eigenvalue weighted by molar-refractivity contribution is 7.11. The number of hydrogen-bond acceptors (Lipinski definition) is 4. The first kappa shape index (κ1) is 13.5. The SMILES string of the molecule is CCNCC1CCCc2sc(CC3CCCO3)nc21. The van der Waals surface area contributed by atoms with Crippen LogP contribution in [0.1, 0.15) is 54.1 Å². The summed E-state index contributed by atoms with van der Waals surface area (Å²) in [6.45, 7) is 5.26. The van der Waals surface area contributed by atoms with E-state index >= 15 is 0 Å². The monoisotopic (exact) mass is 280 g/mol. The number of likely N-dealkylation sites (N-methyl/N-ethyl adjacent to an activating group) is 1. The van der Waals surface area contributed by atoms with Crippen LogP contribution in [-0.2, 0) is 17.6 Å². The summed E-state index contributed by atoms with van der Waals surface area (Å²) < 4.78 is 5.73. The van der Waals surface area contributed by atoms with Crippen LogP contribution in [0, 0.1) is 0 Å². The molecule has 0 amide bonds.